The molecule has 0 radical (unpaired) electrons. The molecule has 0 atom stereocenters. The molecule has 0 aromatic carbocycles. The van der Waals surface area contributed by atoms with Crippen LogP contribution >= 0.6 is 24.0 Å². The number of aliphatic hydroxyl groups excluding tert-OH is 1. The molecular formula is C16H33IN4O3. The number of aliphatic hydroxyl groups is 1. The lowest BCUT2D eigenvalue weighted by atomic mass is 9.83. The molecule has 0 aliphatic carbocycles. The number of likely N-dealkylation sites (tertiary alicyclic amines) is 1. The first-order valence-electron chi connectivity index (χ1n) is 8.59. The van der Waals surface area contributed by atoms with E-state index in [1.165, 1.54) is 0 Å². The third-order valence-corrected chi connectivity index (χ3v) is 4.79. The number of halogens is 1. The Morgan fingerprint density at radius 3 is 2.38 bits per heavy atom. The van der Waals surface area contributed by atoms with E-state index < -0.39 is 0 Å². The fourth-order valence-electron chi connectivity index (χ4n) is 2.68. The van der Waals surface area contributed by atoms with E-state index in [0.717, 1.165) is 25.7 Å². The van der Waals surface area contributed by atoms with Crippen molar-refractivity contribution in [3.05, 3.63) is 0 Å². The highest BCUT2D eigenvalue weighted by Gasteiger charge is 2.26. The van der Waals surface area contributed by atoms with E-state index >= 15 is 0 Å². The smallest absolute Gasteiger partial charge is 0.409 e. The quantitative estimate of drug-likeness (QED) is 0.309. The highest BCUT2D eigenvalue weighted by atomic mass is 127. The van der Waals surface area contributed by atoms with Gasteiger partial charge >= 0.3 is 6.09 Å². The summed E-state index contributed by atoms with van der Waals surface area (Å²) in [4.78, 5) is 17.8. The van der Waals surface area contributed by atoms with Crippen LogP contribution in [0.2, 0.25) is 0 Å². The molecule has 1 saturated heterocycles. The number of piperidine rings is 1. The van der Waals surface area contributed by atoms with Crippen molar-refractivity contribution in [1.82, 2.24) is 10.2 Å². The zero-order valence-electron chi connectivity index (χ0n) is 15.1. The first-order chi connectivity index (χ1) is 11.0. The van der Waals surface area contributed by atoms with Crippen molar-refractivity contribution in [2.75, 3.05) is 32.8 Å². The number of carbonyl (C=O) groups excluding carboxylic acids is 1. The van der Waals surface area contributed by atoms with Crippen molar-refractivity contribution in [3.63, 3.8) is 0 Å². The van der Waals surface area contributed by atoms with Crippen LogP contribution in [0.5, 0.6) is 0 Å². The molecule has 0 spiro atoms. The Morgan fingerprint density at radius 1 is 1.33 bits per heavy atom. The van der Waals surface area contributed by atoms with E-state index in [1.54, 1.807) is 4.90 Å². The summed E-state index contributed by atoms with van der Waals surface area (Å²) < 4.78 is 5.01. The first kappa shape index (κ1) is 23.2. The van der Waals surface area contributed by atoms with Gasteiger partial charge in [-0.15, -0.1) is 24.0 Å². The van der Waals surface area contributed by atoms with Crippen molar-refractivity contribution in [2.45, 2.75) is 52.5 Å². The molecule has 1 rings (SSSR count). The molecule has 0 saturated carbocycles. The lowest BCUT2D eigenvalue weighted by molar-refractivity contribution is 0.0963. The molecule has 0 unspecified atom stereocenters. The van der Waals surface area contributed by atoms with Crippen LogP contribution in [0.1, 0.15) is 46.5 Å². The third kappa shape index (κ3) is 7.00. The Bertz CT molecular complexity index is 387. The molecular weight excluding hydrogens is 423 g/mol. The molecule has 8 heteroatoms. The van der Waals surface area contributed by atoms with Crippen LogP contribution in [0.25, 0.3) is 0 Å². The lowest BCUT2D eigenvalue weighted by Crippen LogP contribution is -2.48. The molecule has 1 aliphatic rings. The standard InChI is InChI=1S/C16H32N4O3.HI/c1-4-16(5-2,12-21)11-18-14(17)19-13-7-9-20(10-8-13)15(22)23-6-3;/h13,21H,4-12H2,1-3H3,(H3,17,18,19);1H. The summed E-state index contributed by atoms with van der Waals surface area (Å²) in [5.41, 5.74) is 5.79. The zero-order valence-corrected chi connectivity index (χ0v) is 17.4. The number of rotatable bonds is 7. The second kappa shape index (κ2) is 11.7. The largest absolute Gasteiger partial charge is 0.450 e. The van der Waals surface area contributed by atoms with Gasteiger partial charge in [-0.05, 0) is 32.6 Å². The Hall–Kier alpha value is -0.770. The number of nitrogens with one attached hydrogen (secondary N) is 1. The van der Waals surface area contributed by atoms with Crippen LogP contribution in [-0.4, -0.2) is 60.9 Å². The maximum Gasteiger partial charge on any atom is 0.409 e. The summed E-state index contributed by atoms with van der Waals surface area (Å²) in [7, 11) is 0. The molecule has 1 aliphatic heterocycles. The van der Waals surface area contributed by atoms with Gasteiger partial charge in [0.1, 0.15) is 0 Å². The van der Waals surface area contributed by atoms with Gasteiger partial charge in [0.05, 0.1) is 19.8 Å². The molecule has 0 aromatic heterocycles. The van der Waals surface area contributed by atoms with Crippen LogP contribution in [0.15, 0.2) is 4.99 Å². The zero-order chi connectivity index (χ0) is 17.3. The minimum Gasteiger partial charge on any atom is -0.450 e. The van der Waals surface area contributed by atoms with E-state index in [4.69, 9.17) is 10.5 Å². The number of nitrogens with zero attached hydrogens (tertiary/aromatic N) is 2. The molecule has 1 heterocycles. The summed E-state index contributed by atoms with van der Waals surface area (Å²) in [5, 5.41) is 12.8. The number of nitrogens with two attached hydrogens (primary N) is 1. The maximum absolute atomic E-state index is 11.7. The average molecular weight is 456 g/mol. The van der Waals surface area contributed by atoms with Gasteiger partial charge in [-0.3, -0.25) is 4.99 Å². The highest BCUT2D eigenvalue weighted by molar-refractivity contribution is 14.0. The fourth-order valence-corrected chi connectivity index (χ4v) is 2.68. The average Bonchev–Trinajstić information content (AvgIpc) is 2.57. The van der Waals surface area contributed by atoms with Crippen molar-refractivity contribution in [3.8, 4) is 0 Å². The molecule has 1 fully saturated rings. The van der Waals surface area contributed by atoms with Crippen molar-refractivity contribution in [2.24, 2.45) is 16.1 Å². The normalized spacial score (nSPS) is 16.5. The molecule has 142 valence electrons. The van der Waals surface area contributed by atoms with Gasteiger partial charge < -0.3 is 25.8 Å². The van der Waals surface area contributed by atoms with Crippen molar-refractivity contribution >= 4 is 36.0 Å². The number of hydrogen-bond acceptors (Lipinski definition) is 4. The number of hydrogen-bond donors (Lipinski definition) is 3. The van der Waals surface area contributed by atoms with Gasteiger partial charge in [0, 0.05) is 24.5 Å². The van der Waals surface area contributed by atoms with Gasteiger partial charge in [0.2, 0.25) is 0 Å². The van der Waals surface area contributed by atoms with Gasteiger partial charge in [-0.1, -0.05) is 13.8 Å². The third-order valence-electron chi connectivity index (χ3n) is 4.79. The number of aliphatic imine (C=N–C) groups is 1. The number of amides is 1. The molecule has 7 nitrogen and oxygen atoms in total. The minimum absolute atomic E-state index is 0. The van der Waals surface area contributed by atoms with E-state index in [9.17, 15) is 9.90 Å². The fraction of sp³-hybridized carbons (Fsp3) is 0.875. The molecule has 24 heavy (non-hydrogen) atoms. The van der Waals surface area contributed by atoms with Crippen LogP contribution in [0, 0.1) is 5.41 Å². The second-order valence-electron chi connectivity index (χ2n) is 6.17. The Balaban J connectivity index is 0.00000529. The van der Waals surface area contributed by atoms with Crippen LogP contribution in [0.3, 0.4) is 0 Å². The summed E-state index contributed by atoms with van der Waals surface area (Å²) in [6.45, 7) is 8.29. The Kier molecular flexibility index (Phi) is 11.4. The number of carbonyl (C=O) groups is 1. The topological polar surface area (TPSA) is 100 Å². The second-order valence-corrected chi connectivity index (χ2v) is 6.17. The lowest BCUT2D eigenvalue weighted by Gasteiger charge is -2.32. The van der Waals surface area contributed by atoms with E-state index in [-0.39, 0.29) is 48.1 Å². The van der Waals surface area contributed by atoms with Crippen molar-refractivity contribution < 1.29 is 14.6 Å². The van der Waals surface area contributed by atoms with Crippen LogP contribution in [-0.2, 0) is 4.74 Å². The van der Waals surface area contributed by atoms with E-state index in [1.807, 2.05) is 6.92 Å². The van der Waals surface area contributed by atoms with Crippen LogP contribution in [0.4, 0.5) is 4.79 Å². The first-order valence-corrected chi connectivity index (χ1v) is 8.59. The Morgan fingerprint density at radius 2 is 1.92 bits per heavy atom. The number of guanidine groups is 1. The van der Waals surface area contributed by atoms with Gasteiger partial charge in [0.25, 0.3) is 0 Å². The minimum atomic E-state index is -0.244. The van der Waals surface area contributed by atoms with E-state index in [0.29, 0.717) is 32.2 Å². The highest BCUT2D eigenvalue weighted by Crippen LogP contribution is 2.25. The molecule has 0 aromatic rings. The van der Waals surface area contributed by atoms with Gasteiger partial charge in [-0.25, -0.2) is 4.79 Å². The van der Waals surface area contributed by atoms with Gasteiger partial charge in [0.15, 0.2) is 5.96 Å². The summed E-state index contributed by atoms with van der Waals surface area (Å²) >= 11 is 0. The Labute approximate surface area is 162 Å². The van der Waals surface area contributed by atoms with Crippen molar-refractivity contribution in [1.29, 1.82) is 0 Å². The number of ether oxygens (including phenoxy) is 1. The summed E-state index contributed by atoms with van der Waals surface area (Å²) in [6.07, 6.45) is 3.14. The molecule has 0 bridgehead atoms. The predicted molar refractivity (Wildman–Crippen MR) is 107 cm³/mol. The van der Waals surface area contributed by atoms with Gasteiger partial charge in [-0.2, -0.15) is 0 Å². The maximum atomic E-state index is 11.7. The monoisotopic (exact) mass is 456 g/mol. The summed E-state index contributed by atoms with van der Waals surface area (Å²) in [6, 6.07) is 0.219. The predicted octanol–water partition coefficient (Wildman–Crippen LogP) is 1.93. The SMILES string of the molecule is CCOC(=O)N1CCC(NC(N)=NCC(CC)(CC)CO)CC1.I. The van der Waals surface area contributed by atoms with E-state index in [2.05, 4.69) is 24.2 Å². The summed E-state index contributed by atoms with van der Waals surface area (Å²) in [5.74, 6) is 0.416. The molecule has 4 N–H and O–H groups in total. The van der Waals surface area contributed by atoms with Crippen LogP contribution < -0.4 is 11.1 Å². The molecule has 1 amide bonds.